The standard InChI is InChI=1S/C14H20ClNO2/c1-10-13(7-8-18-10)16-9-14(17-2)11-5-3-4-6-12(11)15/h3-6,10,13-14,16H,7-9H2,1-2H3/t10-,13+,14-/m1/s1. The quantitative estimate of drug-likeness (QED) is 0.892. The molecule has 0 radical (unpaired) electrons. The number of hydrogen-bond acceptors (Lipinski definition) is 3. The highest BCUT2D eigenvalue weighted by Crippen LogP contribution is 2.25. The molecule has 1 aromatic rings. The van der Waals surface area contributed by atoms with Gasteiger partial charge in [-0.1, -0.05) is 29.8 Å². The van der Waals surface area contributed by atoms with Gasteiger partial charge in [-0.2, -0.15) is 0 Å². The Bertz CT molecular complexity index is 386. The van der Waals surface area contributed by atoms with Gasteiger partial charge in [0.25, 0.3) is 0 Å². The van der Waals surface area contributed by atoms with E-state index in [0.29, 0.717) is 6.04 Å². The Hall–Kier alpha value is -0.610. The fraction of sp³-hybridized carbons (Fsp3) is 0.571. The number of methoxy groups -OCH3 is 1. The first-order chi connectivity index (χ1) is 8.72. The average Bonchev–Trinajstić information content (AvgIpc) is 2.78. The fourth-order valence-corrected chi connectivity index (χ4v) is 2.57. The molecule has 0 amide bonds. The maximum atomic E-state index is 6.19. The van der Waals surface area contributed by atoms with Gasteiger partial charge in [0.2, 0.25) is 0 Å². The number of nitrogens with one attached hydrogen (secondary N) is 1. The smallest absolute Gasteiger partial charge is 0.0959 e. The number of halogens is 1. The van der Waals surface area contributed by atoms with Crippen molar-refractivity contribution in [1.82, 2.24) is 5.32 Å². The highest BCUT2D eigenvalue weighted by atomic mass is 35.5. The first kappa shape index (κ1) is 13.8. The first-order valence-corrected chi connectivity index (χ1v) is 6.72. The normalized spacial score (nSPS) is 25.3. The van der Waals surface area contributed by atoms with Crippen molar-refractivity contribution in [3.63, 3.8) is 0 Å². The van der Waals surface area contributed by atoms with Crippen molar-refractivity contribution in [2.45, 2.75) is 31.6 Å². The molecule has 1 heterocycles. The third-order valence-corrected chi connectivity index (χ3v) is 3.82. The van der Waals surface area contributed by atoms with Gasteiger partial charge in [-0.25, -0.2) is 0 Å². The van der Waals surface area contributed by atoms with Gasteiger partial charge in [0.1, 0.15) is 0 Å². The zero-order valence-corrected chi connectivity index (χ0v) is 11.6. The summed E-state index contributed by atoms with van der Waals surface area (Å²) in [6, 6.07) is 8.22. The van der Waals surface area contributed by atoms with E-state index in [1.54, 1.807) is 7.11 Å². The second-order valence-corrected chi connectivity index (χ2v) is 5.03. The first-order valence-electron chi connectivity index (χ1n) is 6.34. The number of benzene rings is 1. The van der Waals surface area contributed by atoms with E-state index in [1.807, 2.05) is 24.3 Å². The minimum atomic E-state index is -0.0218. The van der Waals surface area contributed by atoms with Gasteiger partial charge in [0.05, 0.1) is 12.2 Å². The zero-order chi connectivity index (χ0) is 13.0. The molecule has 1 aromatic carbocycles. The molecule has 2 rings (SSSR count). The van der Waals surface area contributed by atoms with Crippen molar-refractivity contribution < 1.29 is 9.47 Å². The SMILES string of the molecule is CO[C@H](CN[C@H]1CCO[C@@H]1C)c1ccccc1Cl. The summed E-state index contributed by atoms with van der Waals surface area (Å²) >= 11 is 6.19. The maximum absolute atomic E-state index is 6.19. The number of ether oxygens (including phenoxy) is 2. The third kappa shape index (κ3) is 3.23. The molecular formula is C14H20ClNO2. The predicted molar refractivity (Wildman–Crippen MR) is 73.0 cm³/mol. The molecule has 1 saturated heterocycles. The lowest BCUT2D eigenvalue weighted by atomic mass is 10.1. The zero-order valence-electron chi connectivity index (χ0n) is 10.9. The van der Waals surface area contributed by atoms with Crippen LogP contribution >= 0.6 is 11.6 Å². The molecule has 1 aliphatic rings. The lowest BCUT2D eigenvalue weighted by molar-refractivity contribution is 0.0868. The molecule has 18 heavy (non-hydrogen) atoms. The molecule has 0 unspecified atom stereocenters. The van der Waals surface area contributed by atoms with Crippen molar-refractivity contribution in [3.8, 4) is 0 Å². The van der Waals surface area contributed by atoms with E-state index in [4.69, 9.17) is 21.1 Å². The summed E-state index contributed by atoms with van der Waals surface area (Å²) in [6.07, 6.45) is 1.31. The fourth-order valence-electron chi connectivity index (χ4n) is 2.31. The summed E-state index contributed by atoms with van der Waals surface area (Å²) in [5.41, 5.74) is 1.03. The van der Waals surface area contributed by atoms with Crippen LogP contribution in [0, 0.1) is 0 Å². The monoisotopic (exact) mass is 269 g/mol. The Morgan fingerprint density at radius 2 is 2.28 bits per heavy atom. The Balaban J connectivity index is 1.95. The summed E-state index contributed by atoms with van der Waals surface area (Å²) in [5.74, 6) is 0. The van der Waals surface area contributed by atoms with Crippen LogP contribution in [-0.4, -0.2) is 32.4 Å². The van der Waals surface area contributed by atoms with E-state index in [2.05, 4.69) is 12.2 Å². The summed E-state index contributed by atoms with van der Waals surface area (Å²) in [4.78, 5) is 0. The van der Waals surface area contributed by atoms with Crippen LogP contribution in [0.2, 0.25) is 5.02 Å². The summed E-state index contributed by atoms with van der Waals surface area (Å²) in [7, 11) is 1.71. The maximum Gasteiger partial charge on any atom is 0.0959 e. The molecule has 3 atom stereocenters. The van der Waals surface area contributed by atoms with E-state index in [-0.39, 0.29) is 12.2 Å². The Morgan fingerprint density at radius 3 is 2.89 bits per heavy atom. The van der Waals surface area contributed by atoms with Crippen LogP contribution in [0.1, 0.15) is 25.0 Å². The van der Waals surface area contributed by atoms with E-state index >= 15 is 0 Å². The van der Waals surface area contributed by atoms with Crippen LogP contribution in [0.15, 0.2) is 24.3 Å². The van der Waals surface area contributed by atoms with Gasteiger partial charge < -0.3 is 14.8 Å². The van der Waals surface area contributed by atoms with Gasteiger partial charge in [0.15, 0.2) is 0 Å². The van der Waals surface area contributed by atoms with Gasteiger partial charge in [-0.3, -0.25) is 0 Å². The Morgan fingerprint density at radius 1 is 1.50 bits per heavy atom. The molecule has 4 heteroatoms. The van der Waals surface area contributed by atoms with Crippen molar-refractivity contribution in [2.75, 3.05) is 20.3 Å². The van der Waals surface area contributed by atoms with E-state index in [1.165, 1.54) is 0 Å². The Kier molecular flexibility index (Phi) is 5.01. The number of rotatable bonds is 5. The Labute approximate surface area is 113 Å². The molecule has 0 aromatic heterocycles. The van der Waals surface area contributed by atoms with Crippen molar-refractivity contribution in [1.29, 1.82) is 0 Å². The average molecular weight is 270 g/mol. The van der Waals surface area contributed by atoms with Crippen LogP contribution in [0.3, 0.4) is 0 Å². The van der Waals surface area contributed by atoms with Crippen LogP contribution in [0.5, 0.6) is 0 Å². The van der Waals surface area contributed by atoms with Crippen molar-refractivity contribution >= 4 is 11.6 Å². The van der Waals surface area contributed by atoms with Gasteiger partial charge in [0, 0.05) is 36.9 Å². The topological polar surface area (TPSA) is 30.5 Å². The summed E-state index contributed by atoms with van der Waals surface area (Å²) < 4.78 is 11.1. The summed E-state index contributed by atoms with van der Waals surface area (Å²) in [5, 5.41) is 4.25. The van der Waals surface area contributed by atoms with Crippen LogP contribution in [0.4, 0.5) is 0 Å². The van der Waals surface area contributed by atoms with Crippen LogP contribution in [0.25, 0.3) is 0 Å². The minimum absolute atomic E-state index is 0.0218. The third-order valence-electron chi connectivity index (χ3n) is 3.48. The molecule has 0 bridgehead atoms. The number of hydrogen-bond donors (Lipinski definition) is 1. The van der Waals surface area contributed by atoms with E-state index in [9.17, 15) is 0 Å². The molecule has 100 valence electrons. The molecular weight excluding hydrogens is 250 g/mol. The van der Waals surface area contributed by atoms with Crippen LogP contribution in [-0.2, 0) is 9.47 Å². The molecule has 1 fully saturated rings. The second-order valence-electron chi connectivity index (χ2n) is 4.63. The molecule has 0 aliphatic carbocycles. The molecule has 0 saturated carbocycles. The molecule has 1 aliphatic heterocycles. The second kappa shape index (κ2) is 6.53. The van der Waals surface area contributed by atoms with Gasteiger partial charge >= 0.3 is 0 Å². The highest BCUT2D eigenvalue weighted by Gasteiger charge is 2.25. The lowest BCUT2D eigenvalue weighted by Gasteiger charge is -2.22. The largest absolute Gasteiger partial charge is 0.377 e. The lowest BCUT2D eigenvalue weighted by Crippen LogP contribution is -2.37. The predicted octanol–water partition coefficient (Wildman–Crippen LogP) is 2.79. The molecule has 0 spiro atoms. The van der Waals surface area contributed by atoms with E-state index in [0.717, 1.165) is 30.2 Å². The summed E-state index contributed by atoms with van der Waals surface area (Å²) in [6.45, 7) is 3.68. The minimum Gasteiger partial charge on any atom is -0.377 e. The van der Waals surface area contributed by atoms with Gasteiger partial charge in [-0.05, 0) is 19.4 Å². The van der Waals surface area contributed by atoms with Crippen LogP contribution < -0.4 is 5.32 Å². The van der Waals surface area contributed by atoms with Crippen molar-refractivity contribution in [2.24, 2.45) is 0 Å². The molecule has 3 nitrogen and oxygen atoms in total. The highest BCUT2D eigenvalue weighted by molar-refractivity contribution is 6.31. The molecule has 1 N–H and O–H groups in total. The van der Waals surface area contributed by atoms with Crippen molar-refractivity contribution in [3.05, 3.63) is 34.9 Å². The van der Waals surface area contributed by atoms with Gasteiger partial charge in [-0.15, -0.1) is 0 Å². The van der Waals surface area contributed by atoms with E-state index < -0.39 is 0 Å².